The molecule has 0 spiro atoms. The van der Waals surface area contributed by atoms with Gasteiger partial charge in [-0.25, -0.2) is 0 Å². The van der Waals surface area contributed by atoms with Gasteiger partial charge in [0, 0.05) is 55.7 Å². The summed E-state index contributed by atoms with van der Waals surface area (Å²) in [6.45, 7) is 3.16. The second-order valence-electron chi connectivity index (χ2n) is 8.86. The predicted octanol–water partition coefficient (Wildman–Crippen LogP) is 4.64. The number of benzene rings is 1. The van der Waals surface area contributed by atoms with Gasteiger partial charge in [-0.05, 0) is 66.7 Å². The van der Waals surface area contributed by atoms with Crippen LogP contribution in [0.25, 0.3) is 0 Å². The maximum atomic E-state index is 12.9. The normalized spacial score (nSPS) is 17.1. The number of carbonyl (C=O) groups is 1. The van der Waals surface area contributed by atoms with Crippen LogP contribution < -0.4 is 10.6 Å². The van der Waals surface area contributed by atoms with Crippen LogP contribution in [0.5, 0.6) is 0 Å². The van der Waals surface area contributed by atoms with Crippen molar-refractivity contribution in [2.45, 2.75) is 32.0 Å². The highest BCUT2D eigenvalue weighted by atomic mass is 32.1. The number of amides is 1. The number of thiocarbonyl (C=S) groups is 1. The zero-order chi connectivity index (χ0) is 24.9. The summed E-state index contributed by atoms with van der Waals surface area (Å²) < 4.78 is 2.22. The Morgan fingerprint density at radius 2 is 1.92 bits per heavy atom. The number of anilines is 1. The fraction of sp³-hybridized carbons (Fsp3) is 0.214. The summed E-state index contributed by atoms with van der Waals surface area (Å²) in [4.78, 5) is 23.8. The zero-order valence-corrected chi connectivity index (χ0v) is 20.9. The molecule has 0 saturated carbocycles. The molecule has 1 aliphatic rings. The first kappa shape index (κ1) is 23.7. The van der Waals surface area contributed by atoms with Gasteiger partial charge in [-0.1, -0.05) is 30.3 Å². The summed E-state index contributed by atoms with van der Waals surface area (Å²) in [7, 11) is 0. The lowest BCUT2D eigenvalue weighted by Gasteiger charge is -2.29. The number of hydrogen-bond acceptors (Lipinski definition) is 4. The molecule has 2 N–H and O–H groups in total. The lowest BCUT2D eigenvalue weighted by Crippen LogP contribution is -2.33. The topological polar surface area (TPSA) is 75.1 Å². The summed E-state index contributed by atoms with van der Waals surface area (Å²) in [5.41, 5.74) is 4.98. The summed E-state index contributed by atoms with van der Waals surface area (Å²) in [6.07, 6.45) is 7.84. The molecule has 182 valence electrons. The fourth-order valence-corrected chi connectivity index (χ4v) is 4.98. The van der Waals surface area contributed by atoms with Crippen LogP contribution in [0, 0.1) is 6.92 Å². The minimum absolute atomic E-state index is 0.0436. The molecule has 1 saturated heterocycles. The maximum absolute atomic E-state index is 12.9. The van der Waals surface area contributed by atoms with Crippen molar-refractivity contribution >= 4 is 28.9 Å². The average molecular weight is 497 g/mol. The molecule has 0 bridgehead atoms. The van der Waals surface area contributed by atoms with Crippen molar-refractivity contribution in [2.24, 2.45) is 0 Å². The number of carbonyl (C=O) groups excluding carboxylic acids is 1. The van der Waals surface area contributed by atoms with E-state index in [2.05, 4.69) is 48.4 Å². The second-order valence-corrected chi connectivity index (χ2v) is 9.24. The van der Waals surface area contributed by atoms with E-state index in [1.165, 1.54) is 0 Å². The first-order valence-electron chi connectivity index (χ1n) is 12.0. The molecule has 0 aliphatic carbocycles. The highest BCUT2D eigenvalue weighted by molar-refractivity contribution is 7.80. The van der Waals surface area contributed by atoms with Crippen LogP contribution >= 0.6 is 12.2 Å². The molecule has 7 nitrogen and oxygen atoms in total. The van der Waals surface area contributed by atoms with Crippen molar-refractivity contribution in [3.8, 4) is 0 Å². The summed E-state index contributed by atoms with van der Waals surface area (Å²) in [6, 6.07) is 21.6. The Bertz CT molecular complexity index is 1340. The fourth-order valence-electron chi connectivity index (χ4n) is 4.64. The van der Waals surface area contributed by atoms with E-state index in [-0.39, 0.29) is 18.0 Å². The zero-order valence-electron chi connectivity index (χ0n) is 20.0. The Labute approximate surface area is 216 Å². The van der Waals surface area contributed by atoms with Gasteiger partial charge in [0.15, 0.2) is 5.11 Å². The number of hydrogen-bond donors (Lipinski definition) is 2. The van der Waals surface area contributed by atoms with Gasteiger partial charge in [0.05, 0.1) is 17.8 Å². The van der Waals surface area contributed by atoms with Gasteiger partial charge in [-0.15, -0.1) is 0 Å². The van der Waals surface area contributed by atoms with Crippen LogP contribution in [0.2, 0.25) is 0 Å². The quantitative estimate of drug-likeness (QED) is 0.346. The third-order valence-corrected chi connectivity index (χ3v) is 6.79. The van der Waals surface area contributed by atoms with Crippen molar-refractivity contribution in [1.29, 1.82) is 0 Å². The number of nitrogens with zero attached hydrogens (tertiary/aromatic N) is 4. The Hall–Kier alpha value is -4.04. The van der Waals surface area contributed by atoms with Crippen molar-refractivity contribution in [3.05, 3.63) is 114 Å². The van der Waals surface area contributed by atoms with Crippen molar-refractivity contribution in [1.82, 2.24) is 24.8 Å². The molecule has 0 radical (unpaired) electrons. The van der Waals surface area contributed by atoms with Gasteiger partial charge in [-0.2, -0.15) is 0 Å². The molecular weight excluding hydrogens is 468 g/mol. The first-order chi connectivity index (χ1) is 17.6. The highest BCUT2D eigenvalue weighted by Crippen LogP contribution is 2.39. The molecular formula is C28H28N6OS. The minimum atomic E-state index is -0.138. The molecule has 3 aromatic heterocycles. The van der Waals surface area contributed by atoms with E-state index in [4.69, 9.17) is 12.2 Å². The van der Waals surface area contributed by atoms with Crippen molar-refractivity contribution in [3.63, 3.8) is 0 Å². The molecule has 4 heterocycles. The average Bonchev–Trinajstić information content (AvgIpc) is 3.48. The number of pyridine rings is 2. The van der Waals surface area contributed by atoms with Crippen LogP contribution in [0.3, 0.4) is 0 Å². The van der Waals surface area contributed by atoms with Gasteiger partial charge in [-0.3, -0.25) is 14.8 Å². The third-order valence-electron chi connectivity index (χ3n) is 6.44. The van der Waals surface area contributed by atoms with Gasteiger partial charge >= 0.3 is 0 Å². The number of para-hydroxylation sites is 1. The Morgan fingerprint density at radius 3 is 2.69 bits per heavy atom. The highest BCUT2D eigenvalue weighted by Gasteiger charge is 2.41. The maximum Gasteiger partial charge on any atom is 0.226 e. The van der Waals surface area contributed by atoms with Crippen LogP contribution in [-0.2, 0) is 11.3 Å². The van der Waals surface area contributed by atoms with Crippen molar-refractivity contribution in [2.75, 3.05) is 11.9 Å². The summed E-state index contributed by atoms with van der Waals surface area (Å²) in [5.74, 6) is -0.0436. The van der Waals surface area contributed by atoms with Crippen LogP contribution in [-0.4, -0.2) is 37.0 Å². The van der Waals surface area contributed by atoms with E-state index in [1.807, 2.05) is 67.7 Å². The van der Waals surface area contributed by atoms with E-state index < -0.39 is 0 Å². The van der Waals surface area contributed by atoms with Gasteiger partial charge in [0.2, 0.25) is 5.91 Å². The monoisotopic (exact) mass is 496 g/mol. The van der Waals surface area contributed by atoms with Crippen LogP contribution in [0.1, 0.15) is 41.0 Å². The number of aryl methyl sites for hydroxylation is 1. The third kappa shape index (κ3) is 5.13. The van der Waals surface area contributed by atoms with Gasteiger partial charge < -0.3 is 20.1 Å². The Balaban J connectivity index is 1.40. The van der Waals surface area contributed by atoms with E-state index >= 15 is 0 Å². The molecule has 4 aromatic rings. The SMILES string of the molecule is Cc1ccccc1NC(=O)CCN1C(=S)N[C@@H](c2ccccn2)[C@@H]1c1cccn1Cc1cccnc1. The van der Waals surface area contributed by atoms with E-state index in [0.29, 0.717) is 24.6 Å². The Kier molecular flexibility index (Phi) is 7.04. The molecule has 0 unspecified atom stereocenters. The smallest absolute Gasteiger partial charge is 0.226 e. The minimum Gasteiger partial charge on any atom is -0.352 e. The predicted molar refractivity (Wildman–Crippen MR) is 144 cm³/mol. The van der Waals surface area contributed by atoms with Gasteiger partial charge in [0.25, 0.3) is 0 Å². The van der Waals surface area contributed by atoms with Crippen LogP contribution in [0.15, 0.2) is 91.5 Å². The molecule has 2 atom stereocenters. The lowest BCUT2D eigenvalue weighted by molar-refractivity contribution is -0.116. The van der Waals surface area contributed by atoms with E-state index in [1.54, 1.807) is 12.4 Å². The van der Waals surface area contributed by atoms with Crippen LogP contribution in [0.4, 0.5) is 5.69 Å². The summed E-state index contributed by atoms with van der Waals surface area (Å²) in [5, 5.41) is 7.12. The molecule has 5 rings (SSSR count). The molecule has 1 aromatic carbocycles. The van der Waals surface area contributed by atoms with E-state index in [0.717, 1.165) is 28.2 Å². The lowest BCUT2D eigenvalue weighted by atomic mass is 10.0. The van der Waals surface area contributed by atoms with Gasteiger partial charge in [0.1, 0.15) is 0 Å². The largest absolute Gasteiger partial charge is 0.352 e. The first-order valence-corrected chi connectivity index (χ1v) is 12.4. The number of aromatic nitrogens is 3. The number of nitrogens with one attached hydrogen (secondary N) is 2. The standard InChI is InChI=1S/C28H28N6OS/c1-20-8-2-3-10-22(20)31-25(35)13-17-34-27(26(32-28(34)36)23-11-4-5-15-30-23)24-12-7-16-33(24)19-21-9-6-14-29-18-21/h2-12,14-16,18,26-27H,13,17,19H2,1H3,(H,31,35)(H,32,36)/t26-,27-/m0/s1. The molecule has 36 heavy (non-hydrogen) atoms. The second kappa shape index (κ2) is 10.7. The summed E-state index contributed by atoms with van der Waals surface area (Å²) >= 11 is 5.78. The molecule has 1 fully saturated rings. The van der Waals surface area contributed by atoms with Crippen molar-refractivity contribution < 1.29 is 4.79 Å². The number of rotatable bonds is 8. The molecule has 1 aliphatic heterocycles. The molecule has 8 heteroatoms. The molecule has 1 amide bonds. The van der Waals surface area contributed by atoms with E-state index in [9.17, 15) is 4.79 Å². The Morgan fingerprint density at radius 1 is 1.06 bits per heavy atom.